The van der Waals surface area contributed by atoms with Crippen molar-refractivity contribution in [2.45, 2.75) is 13.5 Å². The van der Waals surface area contributed by atoms with Gasteiger partial charge in [0.2, 0.25) is 0 Å². The Labute approximate surface area is 160 Å². The first-order chi connectivity index (χ1) is 13.0. The van der Waals surface area contributed by atoms with Crippen LogP contribution in [-0.2, 0) is 11.3 Å². The number of Topliss-reactive ketones (excluding diaryl/α,β-unsaturated/α-hetero) is 1. The number of imidazole rings is 1. The average Bonchev–Trinajstić information content (AvgIpc) is 3.06. The Bertz CT molecular complexity index is 1000. The van der Waals surface area contributed by atoms with Crippen molar-refractivity contribution in [1.29, 1.82) is 0 Å². The molecule has 0 unspecified atom stereocenters. The van der Waals surface area contributed by atoms with Crippen molar-refractivity contribution in [1.82, 2.24) is 14.7 Å². The summed E-state index contributed by atoms with van der Waals surface area (Å²) in [4.78, 5) is 27.9. The number of rotatable bonds is 7. The molecule has 0 bridgehead atoms. The fourth-order valence-corrected chi connectivity index (χ4v) is 2.66. The summed E-state index contributed by atoms with van der Waals surface area (Å²) in [6.45, 7) is 1.55. The van der Waals surface area contributed by atoms with Crippen molar-refractivity contribution >= 4 is 28.9 Å². The van der Waals surface area contributed by atoms with Crippen LogP contribution in [0.3, 0.4) is 0 Å². The molecule has 2 aromatic heterocycles. The smallest absolute Gasteiger partial charge is 0.258 e. The van der Waals surface area contributed by atoms with Crippen molar-refractivity contribution in [2.75, 3.05) is 13.7 Å². The zero-order chi connectivity index (χ0) is 19.4. The van der Waals surface area contributed by atoms with E-state index in [0.29, 0.717) is 27.8 Å². The Hall–Kier alpha value is -3.06. The molecule has 140 valence electrons. The molecule has 7 nitrogen and oxygen atoms in total. The van der Waals surface area contributed by atoms with E-state index >= 15 is 0 Å². The molecule has 0 aliphatic rings. The van der Waals surface area contributed by atoms with Crippen LogP contribution in [0.1, 0.15) is 23.0 Å². The number of benzene rings is 1. The third-order valence-corrected chi connectivity index (χ3v) is 4.08. The van der Waals surface area contributed by atoms with Gasteiger partial charge in [-0.25, -0.2) is 4.98 Å². The van der Waals surface area contributed by atoms with E-state index in [1.807, 2.05) is 0 Å². The van der Waals surface area contributed by atoms with E-state index in [4.69, 9.17) is 21.1 Å². The van der Waals surface area contributed by atoms with Crippen LogP contribution in [0.5, 0.6) is 11.5 Å². The fourth-order valence-electron chi connectivity index (χ4n) is 2.49. The molecule has 1 aromatic carbocycles. The Morgan fingerprint density at radius 1 is 1.19 bits per heavy atom. The first kappa shape index (κ1) is 18.7. The van der Waals surface area contributed by atoms with Gasteiger partial charge < -0.3 is 19.2 Å². The molecule has 2 heterocycles. The van der Waals surface area contributed by atoms with Gasteiger partial charge >= 0.3 is 0 Å². The summed E-state index contributed by atoms with van der Waals surface area (Å²) in [6.07, 6.45) is 3.54. The zero-order valence-corrected chi connectivity index (χ0v) is 15.6. The number of ketones is 1. The van der Waals surface area contributed by atoms with Gasteiger partial charge in [-0.2, -0.15) is 0 Å². The number of methoxy groups -OCH3 is 1. The molecular weight excluding hydrogens is 370 g/mol. The predicted molar refractivity (Wildman–Crippen MR) is 101 cm³/mol. The standard InChI is InChI=1S/C19H18ClN3O4/c1-12(24)13-3-5-16(17(7-13)26-2)27-11-19(25)21-8-15-10-23-9-14(20)4-6-18(23)22-15/h3-7,9-10H,8,11H2,1-2H3,(H,21,25). The summed E-state index contributed by atoms with van der Waals surface area (Å²) >= 11 is 5.94. The highest BCUT2D eigenvalue weighted by Crippen LogP contribution is 2.28. The Balaban J connectivity index is 1.57. The number of amides is 1. The molecule has 0 atom stereocenters. The van der Waals surface area contributed by atoms with Crippen molar-refractivity contribution < 1.29 is 19.1 Å². The van der Waals surface area contributed by atoms with E-state index in [1.54, 1.807) is 47.1 Å². The molecule has 0 saturated heterocycles. The number of halogens is 1. The molecule has 3 aromatic rings. The van der Waals surface area contributed by atoms with E-state index in [9.17, 15) is 9.59 Å². The first-order valence-corrected chi connectivity index (χ1v) is 8.55. The van der Waals surface area contributed by atoms with E-state index in [2.05, 4.69) is 10.3 Å². The number of fused-ring (bicyclic) bond motifs is 1. The topological polar surface area (TPSA) is 81.9 Å². The van der Waals surface area contributed by atoms with Gasteiger partial charge in [0.15, 0.2) is 23.9 Å². The van der Waals surface area contributed by atoms with Crippen molar-refractivity contribution in [3.8, 4) is 11.5 Å². The number of nitrogens with zero attached hydrogens (tertiary/aromatic N) is 2. The maximum absolute atomic E-state index is 12.0. The quantitative estimate of drug-likeness (QED) is 0.630. The lowest BCUT2D eigenvalue weighted by Crippen LogP contribution is -2.28. The van der Waals surface area contributed by atoms with Crippen molar-refractivity contribution in [2.24, 2.45) is 0 Å². The van der Waals surface area contributed by atoms with Gasteiger partial charge in [0.1, 0.15) is 5.65 Å². The Morgan fingerprint density at radius 2 is 2.00 bits per heavy atom. The van der Waals surface area contributed by atoms with Gasteiger partial charge in [0, 0.05) is 18.0 Å². The Kier molecular flexibility index (Phi) is 5.61. The molecular formula is C19H18ClN3O4. The minimum Gasteiger partial charge on any atom is -0.493 e. The van der Waals surface area contributed by atoms with Gasteiger partial charge in [-0.3, -0.25) is 9.59 Å². The summed E-state index contributed by atoms with van der Waals surface area (Å²) < 4.78 is 12.5. The molecule has 0 saturated carbocycles. The van der Waals surface area contributed by atoms with Crippen LogP contribution in [0.25, 0.3) is 5.65 Å². The highest BCUT2D eigenvalue weighted by Gasteiger charge is 2.11. The summed E-state index contributed by atoms with van der Waals surface area (Å²) in [6, 6.07) is 8.37. The zero-order valence-electron chi connectivity index (χ0n) is 14.9. The van der Waals surface area contributed by atoms with E-state index in [0.717, 1.165) is 5.65 Å². The Morgan fingerprint density at radius 3 is 2.74 bits per heavy atom. The van der Waals surface area contributed by atoms with E-state index in [-0.39, 0.29) is 24.8 Å². The maximum atomic E-state index is 12.0. The van der Waals surface area contributed by atoms with Gasteiger partial charge in [-0.1, -0.05) is 11.6 Å². The first-order valence-electron chi connectivity index (χ1n) is 8.18. The third kappa shape index (κ3) is 4.57. The molecule has 1 N–H and O–H groups in total. The van der Waals surface area contributed by atoms with Gasteiger partial charge in [0.05, 0.1) is 24.4 Å². The fraction of sp³-hybridized carbons (Fsp3) is 0.211. The highest BCUT2D eigenvalue weighted by atomic mass is 35.5. The SMILES string of the molecule is COc1cc(C(C)=O)ccc1OCC(=O)NCc1cn2cc(Cl)ccc2n1. The largest absolute Gasteiger partial charge is 0.493 e. The lowest BCUT2D eigenvalue weighted by molar-refractivity contribution is -0.123. The van der Waals surface area contributed by atoms with Crippen LogP contribution in [0.2, 0.25) is 5.02 Å². The predicted octanol–water partition coefficient (Wildman–Crippen LogP) is 2.89. The second-order valence-electron chi connectivity index (χ2n) is 5.83. The highest BCUT2D eigenvalue weighted by molar-refractivity contribution is 6.30. The van der Waals surface area contributed by atoms with Gasteiger partial charge in [0.25, 0.3) is 5.91 Å². The van der Waals surface area contributed by atoms with E-state index < -0.39 is 0 Å². The number of hydrogen-bond donors (Lipinski definition) is 1. The number of hydrogen-bond acceptors (Lipinski definition) is 5. The number of ether oxygens (including phenoxy) is 2. The molecule has 0 fully saturated rings. The van der Waals surface area contributed by atoms with Crippen LogP contribution in [0.15, 0.2) is 42.7 Å². The third-order valence-electron chi connectivity index (χ3n) is 3.86. The monoisotopic (exact) mass is 387 g/mol. The lowest BCUT2D eigenvalue weighted by Gasteiger charge is -2.11. The summed E-state index contributed by atoms with van der Waals surface area (Å²) in [5.41, 5.74) is 1.96. The van der Waals surface area contributed by atoms with Crippen molar-refractivity contribution in [3.05, 3.63) is 59.0 Å². The normalized spacial score (nSPS) is 10.6. The maximum Gasteiger partial charge on any atom is 0.258 e. The van der Waals surface area contributed by atoms with Gasteiger partial charge in [-0.15, -0.1) is 0 Å². The molecule has 27 heavy (non-hydrogen) atoms. The van der Waals surface area contributed by atoms with Crippen LogP contribution < -0.4 is 14.8 Å². The molecule has 0 aliphatic heterocycles. The summed E-state index contributed by atoms with van der Waals surface area (Å²) in [5.74, 6) is 0.405. The van der Waals surface area contributed by atoms with Crippen LogP contribution in [0, 0.1) is 0 Å². The summed E-state index contributed by atoms with van der Waals surface area (Å²) in [7, 11) is 1.47. The minimum atomic E-state index is -0.303. The molecule has 0 aliphatic carbocycles. The van der Waals surface area contributed by atoms with Crippen LogP contribution in [0.4, 0.5) is 0 Å². The van der Waals surface area contributed by atoms with Crippen LogP contribution in [-0.4, -0.2) is 34.8 Å². The molecule has 8 heteroatoms. The number of carbonyl (C=O) groups excluding carboxylic acids is 2. The number of aromatic nitrogens is 2. The van der Waals surface area contributed by atoms with E-state index in [1.165, 1.54) is 14.0 Å². The van der Waals surface area contributed by atoms with Crippen molar-refractivity contribution in [3.63, 3.8) is 0 Å². The number of carbonyl (C=O) groups is 2. The number of pyridine rings is 1. The second kappa shape index (κ2) is 8.09. The molecule has 1 amide bonds. The lowest BCUT2D eigenvalue weighted by atomic mass is 10.1. The minimum absolute atomic E-state index is 0.0775. The molecule has 3 rings (SSSR count). The van der Waals surface area contributed by atoms with Gasteiger partial charge in [-0.05, 0) is 37.3 Å². The molecule has 0 radical (unpaired) electrons. The number of nitrogens with one attached hydrogen (secondary N) is 1. The molecule has 0 spiro atoms. The second-order valence-corrected chi connectivity index (χ2v) is 6.27. The van der Waals surface area contributed by atoms with Crippen LogP contribution >= 0.6 is 11.6 Å². The summed E-state index contributed by atoms with van der Waals surface area (Å²) in [5, 5.41) is 3.35. The average molecular weight is 388 g/mol.